The van der Waals surface area contributed by atoms with Crippen molar-refractivity contribution in [1.29, 1.82) is 0 Å². The summed E-state index contributed by atoms with van der Waals surface area (Å²) in [6.07, 6.45) is 4.27. The molecule has 0 unspecified atom stereocenters. The Labute approximate surface area is 175 Å². The highest BCUT2D eigenvalue weighted by Gasteiger charge is 2.24. The minimum Gasteiger partial charge on any atom is -0.347 e. The first-order chi connectivity index (χ1) is 14.1. The fraction of sp³-hybridized carbons (Fsp3) is 0.250. The molecular formula is C24H22ClN3O. The van der Waals surface area contributed by atoms with Gasteiger partial charge in [0.25, 0.3) is 5.91 Å². The van der Waals surface area contributed by atoms with Gasteiger partial charge in [-0.2, -0.15) is 0 Å². The normalized spacial score (nSPS) is 15.8. The Hall–Kier alpha value is -2.85. The van der Waals surface area contributed by atoms with E-state index in [1.807, 2.05) is 24.3 Å². The molecule has 0 radical (unpaired) electrons. The second-order valence-corrected chi connectivity index (χ2v) is 8.36. The van der Waals surface area contributed by atoms with Gasteiger partial charge in [-0.05, 0) is 72.6 Å². The van der Waals surface area contributed by atoms with Crippen molar-refractivity contribution in [2.24, 2.45) is 0 Å². The van der Waals surface area contributed by atoms with Crippen LogP contribution in [0.4, 0.5) is 11.5 Å². The lowest BCUT2D eigenvalue weighted by Gasteiger charge is -2.13. The molecule has 29 heavy (non-hydrogen) atoms. The van der Waals surface area contributed by atoms with E-state index in [-0.39, 0.29) is 11.9 Å². The summed E-state index contributed by atoms with van der Waals surface area (Å²) in [4.78, 5) is 17.3. The van der Waals surface area contributed by atoms with Gasteiger partial charge in [0.05, 0.1) is 0 Å². The van der Waals surface area contributed by atoms with Crippen molar-refractivity contribution in [2.45, 2.75) is 37.6 Å². The Morgan fingerprint density at radius 3 is 2.31 bits per heavy atom. The van der Waals surface area contributed by atoms with Gasteiger partial charge in [-0.3, -0.25) is 4.79 Å². The topological polar surface area (TPSA) is 54.0 Å². The molecule has 5 heteroatoms. The number of aromatic nitrogens is 1. The maximum atomic E-state index is 12.8. The molecule has 0 bridgehead atoms. The quantitative estimate of drug-likeness (QED) is 0.611. The number of halogens is 1. The molecule has 146 valence electrons. The number of pyridine rings is 1. The molecule has 1 aromatic heterocycles. The van der Waals surface area contributed by atoms with E-state index >= 15 is 0 Å². The Morgan fingerprint density at radius 2 is 1.66 bits per heavy atom. The third-order valence-electron chi connectivity index (χ3n) is 5.64. The zero-order valence-corrected chi connectivity index (χ0v) is 16.7. The molecule has 2 aliphatic rings. The van der Waals surface area contributed by atoms with Crippen LogP contribution < -0.4 is 10.6 Å². The highest BCUT2D eigenvalue weighted by molar-refractivity contribution is 6.31. The van der Waals surface area contributed by atoms with E-state index in [1.165, 1.54) is 29.5 Å². The summed E-state index contributed by atoms with van der Waals surface area (Å²) in [6, 6.07) is 20.1. The molecule has 0 atom stereocenters. The minimum atomic E-state index is -0.197. The van der Waals surface area contributed by atoms with Gasteiger partial charge in [-0.1, -0.05) is 48.0 Å². The standard InChI is InChI=1S/C24H22ClN3O/c25-19-13-22(24(29)27-21-11-17-3-1-2-4-18(17)12-21)28-23(14-19)26-20-9-7-16(8-10-20)15-5-6-15/h1-4,7-10,13-15,21H,5-6,11-12H2,(H,26,28)(H,27,29). The van der Waals surface area contributed by atoms with Gasteiger partial charge in [0.15, 0.2) is 0 Å². The van der Waals surface area contributed by atoms with E-state index in [2.05, 4.69) is 39.9 Å². The molecule has 0 spiro atoms. The van der Waals surface area contributed by atoms with Gasteiger partial charge in [0, 0.05) is 16.8 Å². The first kappa shape index (κ1) is 18.2. The summed E-state index contributed by atoms with van der Waals surface area (Å²) in [5.74, 6) is 1.10. The van der Waals surface area contributed by atoms with Crippen molar-refractivity contribution < 1.29 is 4.79 Å². The third kappa shape index (κ3) is 4.13. The minimum absolute atomic E-state index is 0.0899. The molecule has 4 nitrogen and oxygen atoms in total. The monoisotopic (exact) mass is 403 g/mol. The molecule has 2 aliphatic carbocycles. The van der Waals surface area contributed by atoms with Crippen molar-refractivity contribution in [2.75, 3.05) is 5.32 Å². The summed E-state index contributed by atoms with van der Waals surface area (Å²) in [5, 5.41) is 6.84. The largest absolute Gasteiger partial charge is 0.347 e. The molecule has 2 N–H and O–H groups in total. The predicted octanol–water partition coefficient (Wildman–Crippen LogP) is 5.25. The molecule has 2 aromatic carbocycles. The first-order valence-corrected chi connectivity index (χ1v) is 10.4. The van der Waals surface area contributed by atoms with Crippen molar-refractivity contribution in [3.63, 3.8) is 0 Å². The van der Waals surface area contributed by atoms with E-state index in [0.717, 1.165) is 24.4 Å². The fourth-order valence-electron chi connectivity index (χ4n) is 4.00. The highest BCUT2D eigenvalue weighted by atomic mass is 35.5. The van der Waals surface area contributed by atoms with Crippen molar-refractivity contribution in [3.8, 4) is 0 Å². The lowest BCUT2D eigenvalue weighted by Crippen LogP contribution is -2.35. The van der Waals surface area contributed by atoms with Gasteiger partial charge in [0.1, 0.15) is 11.5 Å². The zero-order valence-electron chi connectivity index (χ0n) is 16.0. The fourth-order valence-corrected chi connectivity index (χ4v) is 4.21. The van der Waals surface area contributed by atoms with E-state index in [4.69, 9.17) is 11.6 Å². The summed E-state index contributed by atoms with van der Waals surface area (Å²) >= 11 is 6.27. The number of amides is 1. The maximum Gasteiger partial charge on any atom is 0.270 e. The smallest absolute Gasteiger partial charge is 0.270 e. The van der Waals surface area contributed by atoms with Gasteiger partial charge in [-0.25, -0.2) is 4.98 Å². The van der Waals surface area contributed by atoms with Crippen LogP contribution in [0.15, 0.2) is 60.7 Å². The van der Waals surface area contributed by atoms with Crippen LogP contribution in [-0.2, 0) is 12.8 Å². The number of fused-ring (bicyclic) bond motifs is 1. The van der Waals surface area contributed by atoms with Crippen molar-refractivity contribution in [1.82, 2.24) is 10.3 Å². The Kier molecular flexibility index (Phi) is 4.72. The first-order valence-electron chi connectivity index (χ1n) is 10.1. The number of hydrogen-bond donors (Lipinski definition) is 2. The van der Waals surface area contributed by atoms with Crippen LogP contribution in [-0.4, -0.2) is 16.9 Å². The van der Waals surface area contributed by atoms with Crippen LogP contribution in [0.25, 0.3) is 0 Å². The summed E-state index contributed by atoms with van der Waals surface area (Å²) in [6.45, 7) is 0. The molecule has 3 aromatic rings. The average molecular weight is 404 g/mol. The number of rotatable bonds is 5. The Balaban J connectivity index is 1.28. The predicted molar refractivity (Wildman–Crippen MR) is 116 cm³/mol. The third-order valence-corrected chi connectivity index (χ3v) is 5.86. The number of carbonyl (C=O) groups excluding carboxylic acids is 1. The van der Waals surface area contributed by atoms with Crippen LogP contribution in [0.1, 0.15) is 45.9 Å². The Bertz CT molecular complexity index is 1030. The maximum absolute atomic E-state index is 12.8. The lowest BCUT2D eigenvalue weighted by atomic mass is 10.1. The molecule has 0 saturated heterocycles. The van der Waals surface area contributed by atoms with Gasteiger partial charge in [-0.15, -0.1) is 0 Å². The van der Waals surface area contributed by atoms with E-state index in [1.54, 1.807) is 12.1 Å². The van der Waals surface area contributed by atoms with Crippen LogP contribution >= 0.6 is 11.6 Å². The molecule has 1 fully saturated rings. The van der Waals surface area contributed by atoms with E-state index < -0.39 is 0 Å². The summed E-state index contributed by atoms with van der Waals surface area (Å²) in [5.41, 5.74) is 5.24. The number of benzene rings is 2. The van der Waals surface area contributed by atoms with Crippen molar-refractivity contribution in [3.05, 3.63) is 88.1 Å². The number of carbonyl (C=O) groups is 1. The summed E-state index contributed by atoms with van der Waals surface area (Å²) in [7, 11) is 0. The molecule has 0 aliphatic heterocycles. The van der Waals surface area contributed by atoms with Gasteiger partial charge in [0.2, 0.25) is 0 Å². The van der Waals surface area contributed by atoms with Crippen LogP contribution in [0.3, 0.4) is 0 Å². The SMILES string of the molecule is O=C(NC1Cc2ccccc2C1)c1cc(Cl)cc(Nc2ccc(C3CC3)cc2)n1. The van der Waals surface area contributed by atoms with Crippen LogP contribution in [0.5, 0.6) is 0 Å². The van der Waals surface area contributed by atoms with Crippen LogP contribution in [0, 0.1) is 0 Å². The molecule has 1 amide bonds. The highest BCUT2D eigenvalue weighted by Crippen LogP contribution is 2.40. The van der Waals surface area contributed by atoms with Crippen LogP contribution in [0.2, 0.25) is 5.02 Å². The van der Waals surface area contributed by atoms with Crippen molar-refractivity contribution >= 4 is 29.0 Å². The molecule has 5 rings (SSSR count). The van der Waals surface area contributed by atoms with E-state index in [9.17, 15) is 4.79 Å². The second kappa shape index (κ2) is 7.53. The van der Waals surface area contributed by atoms with Gasteiger partial charge >= 0.3 is 0 Å². The Morgan fingerprint density at radius 1 is 0.966 bits per heavy atom. The number of nitrogens with one attached hydrogen (secondary N) is 2. The molecule has 1 saturated carbocycles. The van der Waals surface area contributed by atoms with E-state index in [0.29, 0.717) is 16.5 Å². The number of anilines is 2. The number of nitrogens with zero attached hydrogens (tertiary/aromatic N) is 1. The number of hydrogen-bond acceptors (Lipinski definition) is 3. The average Bonchev–Trinajstić information content (AvgIpc) is 3.48. The molecular weight excluding hydrogens is 382 g/mol. The molecule has 1 heterocycles. The summed E-state index contributed by atoms with van der Waals surface area (Å²) < 4.78 is 0. The zero-order chi connectivity index (χ0) is 19.8. The second-order valence-electron chi connectivity index (χ2n) is 7.92. The lowest BCUT2D eigenvalue weighted by molar-refractivity contribution is 0.0933. The van der Waals surface area contributed by atoms with Gasteiger partial charge < -0.3 is 10.6 Å².